The van der Waals surface area contributed by atoms with Gasteiger partial charge in [0, 0.05) is 22.1 Å². The Balaban J connectivity index is 1.61. The molecule has 1 aliphatic rings. The van der Waals surface area contributed by atoms with E-state index in [0.717, 1.165) is 28.2 Å². The van der Waals surface area contributed by atoms with Crippen LogP contribution in [0.5, 0.6) is 0 Å². The first-order chi connectivity index (χ1) is 14.7. The van der Waals surface area contributed by atoms with Gasteiger partial charge < -0.3 is 15.2 Å². The van der Waals surface area contributed by atoms with Crippen molar-refractivity contribution in [1.29, 1.82) is 0 Å². The van der Waals surface area contributed by atoms with E-state index in [1.54, 1.807) is 0 Å². The summed E-state index contributed by atoms with van der Waals surface area (Å²) in [5.74, 6) is -0.0639. The number of hydrogen-bond donors (Lipinski definition) is 2. The number of para-hydroxylation sites is 1. The van der Waals surface area contributed by atoms with Crippen LogP contribution in [-0.2, 0) is 4.79 Å². The Hall–Kier alpha value is -2.63. The Morgan fingerprint density at radius 1 is 1.03 bits per heavy atom. The first-order valence-corrected chi connectivity index (χ1v) is 11.5. The van der Waals surface area contributed by atoms with Crippen molar-refractivity contribution < 1.29 is 4.79 Å². The van der Waals surface area contributed by atoms with Crippen molar-refractivity contribution in [3.05, 3.63) is 86.0 Å². The third kappa shape index (κ3) is 4.25. The molecule has 31 heavy (non-hydrogen) atoms. The highest BCUT2D eigenvalue weighted by atomic mass is 35.5. The first-order valence-electron chi connectivity index (χ1n) is 10.2. The van der Waals surface area contributed by atoms with Gasteiger partial charge >= 0.3 is 0 Å². The fraction of sp³-hybridized carbons (Fsp3) is 0.240. The summed E-state index contributed by atoms with van der Waals surface area (Å²) < 4.78 is 2.28. The van der Waals surface area contributed by atoms with Gasteiger partial charge in [-0.25, -0.2) is 0 Å². The second kappa shape index (κ2) is 8.48. The molecule has 160 valence electrons. The Bertz CT molecular complexity index is 1190. The average Bonchev–Trinajstić information content (AvgIpc) is 3.17. The van der Waals surface area contributed by atoms with Crippen molar-refractivity contribution in [2.24, 2.45) is 0 Å². The van der Waals surface area contributed by atoms with Gasteiger partial charge in [-0.15, -0.1) is 0 Å². The van der Waals surface area contributed by atoms with E-state index in [2.05, 4.69) is 67.2 Å². The number of aromatic nitrogens is 1. The molecular formula is C25H26ClN3OS. The molecule has 1 fully saturated rings. The van der Waals surface area contributed by atoms with Gasteiger partial charge in [0.2, 0.25) is 0 Å². The Morgan fingerprint density at radius 3 is 2.42 bits per heavy atom. The van der Waals surface area contributed by atoms with E-state index in [1.807, 2.05) is 31.2 Å². The molecule has 0 saturated carbocycles. The largest absolute Gasteiger partial charge is 0.356 e. The van der Waals surface area contributed by atoms with Gasteiger partial charge in [-0.1, -0.05) is 41.6 Å². The number of carbonyl (C=O) groups is 1. The second-order valence-corrected chi connectivity index (χ2v) is 9.57. The molecule has 2 N–H and O–H groups in total. The highest BCUT2D eigenvalue weighted by Gasteiger charge is 2.28. The lowest BCUT2D eigenvalue weighted by atomic mass is 10.1. The number of thioether (sulfide) groups is 1. The van der Waals surface area contributed by atoms with E-state index in [0.29, 0.717) is 9.93 Å². The third-order valence-corrected chi connectivity index (χ3v) is 6.89. The predicted octanol–water partition coefficient (Wildman–Crippen LogP) is 6.27. The van der Waals surface area contributed by atoms with E-state index in [4.69, 9.17) is 11.6 Å². The minimum absolute atomic E-state index is 0.0639. The minimum Gasteiger partial charge on any atom is -0.356 e. The Morgan fingerprint density at radius 2 is 1.74 bits per heavy atom. The second-order valence-electron chi connectivity index (χ2n) is 7.99. The molecule has 1 saturated heterocycles. The monoisotopic (exact) mass is 451 g/mol. The maximum absolute atomic E-state index is 12.6. The van der Waals surface area contributed by atoms with Crippen LogP contribution in [-0.4, -0.2) is 16.0 Å². The molecule has 0 aliphatic carbocycles. The molecule has 4 rings (SSSR count). The highest BCUT2D eigenvalue weighted by molar-refractivity contribution is 8.05. The van der Waals surface area contributed by atoms with E-state index in [1.165, 1.54) is 28.6 Å². The minimum atomic E-state index is -0.222. The number of anilines is 1. The molecule has 4 nitrogen and oxygen atoms in total. The van der Waals surface area contributed by atoms with E-state index >= 15 is 0 Å². The standard InChI is InChI=1S/C25H26ClN3OS/c1-14-7-6-8-15(2)23(14)29-17(4)12-19(18(29)5)13-22-24(30)28-25(31-22)27-21-10-9-20(26)11-16(21)3/h6-13,25,27H,1-5H3,(H,28,30)/b22-13-. The van der Waals surface area contributed by atoms with Gasteiger partial charge in [0.15, 0.2) is 5.50 Å². The van der Waals surface area contributed by atoms with Crippen LogP contribution < -0.4 is 10.6 Å². The van der Waals surface area contributed by atoms with Crippen molar-refractivity contribution in [1.82, 2.24) is 9.88 Å². The number of carbonyl (C=O) groups excluding carboxylic acids is 1. The van der Waals surface area contributed by atoms with E-state index < -0.39 is 0 Å². The van der Waals surface area contributed by atoms with Gasteiger partial charge in [0.1, 0.15) is 0 Å². The highest BCUT2D eigenvalue weighted by Crippen LogP contribution is 2.33. The summed E-state index contributed by atoms with van der Waals surface area (Å²) in [7, 11) is 0. The van der Waals surface area contributed by atoms with Gasteiger partial charge in [-0.05, 0) is 87.2 Å². The number of halogens is 1. The van der Waals surface area contributed by atoms with Gasteiger partial charge in [-0.2, -0.15) is 0 Å². The van der Waals surface area contributed by atoms with Crippen LogP contribution in [0.1, 0.15) is 33.6 Å². The molecule has 0 spiro atoms. The number of hydrogen-bond acceptors (Lipinski definition) is 3. The van der Waals surface area contributed by atoms with Crippen LogP contribution >= 0.6 is 23.4 Å². The summed E-state index contributed by atoms with van der Waals surface area (Å²) in [6.07, 6.45) is 1.99. The lowest BCUT2D eigenvalue weighted by molar-refractivity contribution is -0.116. The lowest BCUT2D eigenvalue weighted by Crippen LogP contribution is -2.31. The topological polar surface area (TPSA) is 46.1 Å². The molecule has 3 aromatic rings. The molecular weight excluding hydrogens is 426 g/mol. The zero-order valence-corrected chi connectivity index (χ0v) is 19.9. The van der Waals surface area contributed by atoms with Crippen molar-refractivity contribution >= 4 is 41.0 Å². The maximum Gasteiger partial charge on any atom is 0.260 e. The quantitative estimate of drug-likeness (QED) is 0.459. The molecule has 1 aliphatic heterocycles. The maximum atomic E-state index is 12.6. The summed E-state index contributed by atoms with van der Waals surface area (Å²) in [6, 6.07) is 14.2. The zero-order valence-electron chi connectivity index (χ0n) is 18.3. The molecule has 6 heteroatoms. The molecule has 1 aromatic heterocycles. The van der Waals surface area contributed by atoms with Crippen LogP contribution in [0.3, 0.4) is 0 Å². The molecule has 1 amide bonds. The predicted molar refractivity (Wildman–Crippen MR) is 132 cm³/mol. The van der Waals surface area contributed by atoms with Crippen LogP contribution in [0.15, 0.2) is 47.4 Å². The third-order valence-electron chi connectivity index (χ3n) is 5.63. The Kier molecular flexibility index (Phi) is 5.91. The Labute approximate surface area is 192 Å². The molecule has 0 bridgehead atoms. The molecule has 1 atom stereocenters. The number of benzene rings is 2. The van der Waals surface area contributed by atoms with Crippen LogP contribution in [0.4, 0.5) is 5.69 Å². The fourth-order valence-corrected chi connectivity index (χ4v) is 5.27. The van der Waals surface area contributed by atoms with Crippen LogP contribution in [0, 0.1) is 34.6 Å². The van der Waals surface area contributed by atoms with Gasteiger partial charge in [0.05, 0.1) is 10.6 Å². The van der Waals surface area contributed by atoms with Crippen molar-refractivity contribution in [2.75, 3.05) is 5.32 Å². The molecule has 1 unspecified atom stereocenters. The smallest absolute Gasteiger partial charge is 0.260 e. The summed E-state index contributed by atoms with van der Waals surface area (Å²) in [5, 5.41) is 7.09. The molecule has 2 heterocycles. The normalized spacial score (nSPS) is 17.3. The summed E-state index contributed by atoms with van der Waals surface area (Å²) in [5.41, 5.74) is 8.78. The van der Waals surface area contributed by atoms with E-state index in [9.17, 15) is 4.79 Å². The molecule has 2 aromatic carbocycles. The summed E-state index contributed by atoms with van der Waals surface area (Å²) in [6.45, 7) is 10.5. The van der Waals surface area contributed by atoms with Crippen molar-refractivity contribution in [3.8, 4) is 5.69 Å². The van der Waals surface area contributed by atoms with E-state index in [-0.39, 0.29) is 11.4 Å². The van der Waals surface area contributed by atoms with Crippen molar-refractivity contribution in [3.63, 3.8) is 0 Å². The lowest BCUT2D eigenvalue weighted by Gasteiger charge is -2.15. The first kappa shape index (κ1) is 21.6. The van der Waals surface area contributed by atoms with Crippen molar-refractivity contribution in [2.45, 2.75) is 40.1 Å². The SMILES string of the molecule is Cc1cc(Cl)ccc1NC1NC(=O)/C(=C/c2cc(C)n(-c3c(C)cccc3C)c2C)S1. The van der Waals surface area contributed by atoms with Gasteiger partial charge in [-0.3, -0.25) is 4.79 Å². The fourth-order valence-electron chi connectivity index (χ4n) is 4.07. The number of nitrogens with zero attached hydrogens (tertiary/aromatic N) is 1. The zero-order chi connectivity index (χ0) is 22.3. The number of nitrogens with one attached hydrogen (secondary N) is 2. The number of amides is 1. The summed E-state index contributed by atoms with van der Waals surface area (Å²) >= 11 is 7.54. The molecule has 0 radical (unpaired) electrons. The van der Waals surface area contributed by atoms with Gasteiger partial charge in [0.25, 0.3) is 5.91 Å². The van der Waals surface area contributed by atoms with Crippen LogP contribution in [0.25, 0.3) is 11.8 Å². The number of aryl methyl sites for hydroxylation is 4. The summed E-state index contributed by atoms with van der Waals surface area (Å²) in [4.78, 5) is 13.3. The average molecular weight is 452 g/mol. The number of rotatable bonds is 4. The van der Waals surface area contributed by atoms with Crippen LogP contribution in [0.2, 0.25) is 5.02 Å².